The van der Waals surface area contributed by atoms with Crippen molar-refractivity contribution < 1.29 is 22.7 Å². The summed E-state index contributed by atoms with van der Waals surface area (Å²) in [4.78, 5) is 12.0. The van der Waals surface area contributed by atoms with Crippen LogP contribution in [0.2, 0.25) is 5.02 Å². The van der Waals surface area contributed by atoms with E-state index >= 15 is 0 Å². The predicted octanol–water partition coefficient (Wildman–Crippen LogP) is 2.73. The van der Waals surface area contributed by atoms with Gasteiger partial charge in [-0.1, -0.05) is 41.9 Å². The third-order valence-electron chi connectivity index (χ3n) is 4.10. The highest BCUT2D eigenvalue weighted by Crippen LogP contribution is 2.34. The molecule has 2 aromatic rings. The van der Waals surface area contributed by atoms with Gasteiger partial charge in [-0.05, 0) is 17.7 Å². The average Bonchev–Trinajstić information content (AvgIpc) is 2.66. The molecule has 0 saturated heterocycles. The molecule has 0 spiro atoms. The van der Waals surface area contributed by atoms with Gasteiger partial charge in [0.25, 0.3) is 0 Å². The highest BCUT2D eigenvalue weighted by Gasteiger charge is 2.21. The maximum absolute atomic E-state index is 12.4. The molecule has 27 heavy (non-hydrogen) atoms. The van der Waals surface area contributed by atoms with E-state index in [1.54, 1.807) is 36.4 Å². The van der Waals surface area contributed by atoms with Crippen molar-refractivity contribution in [1.82, 2.24) is 5.32 Å². The molecule has 0 saturated carbocycles. The van der Waals surface area contributed by atoms with Crippen molar-refractivity contribution in [3.8, 4) is 11.5 Å². The van der Waals surface area contributed by atoms with Crippen molar-refractivity contribution >= 4 is 27.3 Å². The van der Waals surface area contributed by atoms with Gasteiger partial charge in [-0.25, -0.2) is 8.42 Å². The van der Waals surface area contributed by atoms with Gasteiger partial charge in [-0.15, -0.1) is 0 Å². The van der Waals surface area contributed by atoms with Crippen molar-refractivity contribution in [1.29, 1.82) is 0 Å². The summed E-state index contributed by atoms with van der Waals surface area (Å²) in [7, 11) is -3.48. The Labute approximate surface area is 163 Å². The molecule has 0 aliphatic carbocycles. The van der Waals surface area contributed by atoms with Crippen LogP contribution in [-0.2, 0) is 26.9 Å². The Morgan fingerprint density at radius 3 is 2.59 bits per heavy atom. The molecule has 1 aliphatic rings. The van der Waals surface area contributed by atoms with E-state index in [-0.39, 0.29) is 30.4 Å². The minimum absolute atomic E-state index is 0.112. The predicted molar refractivity (Wildman–Crippen MR) is 103 cm³/mol. The van der Waals surface area contributed by atoms with Gasteiger partial charge in [-0.3, -0.25) is 4.79 Å². The zero-order valence-electron chi connectivity index (χ0n) is 14.6. The van der Waals surface area contributed by atoms with E-state index in [0.29, 0.717) is 35.3 Å². The van der Waals surface area contributed by atoms with Gasteiger partial charge < -0.3 is 14.8 Å². The second-order valence-corrected chi connectivity index (χ2v) is 8.74. The third-order valence-corrected chi connectivity index (χ3v) is 6.04. The standard InChI is InChI=1S/C19H20ClNO5S/c20-16-6-2-1-4-14(16)12-21-18(22)8-11-27(23,24)13-15-5-3-7-17-19(15)26-10-9-25-17/h1-7H,8-13H2,(H,21,22). The Morgan fingerprint density at radius 2 is 1.78 bits per heavy atom. The van der Waals surface area contributed by atoms with E-state index in [4.69, 9.17) is 21.1 Å². The Balaban J connectivity index is 1.54. The maximum atomic E-state index is 12.4. The number of para-hydroxylation sites is 1. The van der Waals surface area contributed by atoms with Crippen LogP contribution in [0.4, 0.5) is 0 Å². The number of nitrogens with one attached hydrogen (secondary N) is 1. The van der Waals surface area contributed by atoms with Crippen LogP contribution in [0.3, 0.4) is 0 Å². The number of carbonyl (C=O) groups excluding carboxylic acids is 1. The minimum Gasteiger partial charge on any atom is -0.486 e. The van der Waals surface area contributed by atoms with Crippen LogP contribution in [-0.4, -0.2) is 33.3 Å². The zero-order chi connectivity index (χ0) is 19.3. The van der Waals surface area contributed by atoms with Crippen LogP contribution >= 0.6 is 11.6 Å². The van der Waals surface area contributed by atoms with E-state index in [9.17, 15) is 13.2 Å². The first-order chi connectivity index (χ1) is 12.9. The van der Waals surface area contributed by atoms with E-state index in [1.165, 1.54) is 0 Å². The number of hydrogen-bond acceptors (Lipinski definition) is 5. The van der Waals surface area contributed by atoms with Gasteiger partial charge in [0.05, 0.1) is 11.5 Å². The fourth-order valence-electron chi connectivity index (χ4n) is 2.73. The van der Waals surface area contributed by atoms with E-state index in [1.807, 2.05) is 6.07 Å². The molecule has 3 rings (SSSR count). The van der Waals surface area contributed by atoms with Crippen molar-refractivity contribution in [3.05, 3.63) is 58.6 Å². The van der Waals surface area contributed by atoms with E-state index in [2.05, 4.69) is 5.32 Å². The summed E-state index contributed by atoms with van der Waals surface area (Å²) in [6.45, 7) is 1.08. The molecule has 1 N–H and O–H groups in total. The Bertz CT molecular complexity index is 929. The van der Waals surface area contributed by atoms with Crippen molar-refractivity contribution in [2.75, 3.05) is 19.0 Å². The van der Waals surface area contributed by atoms with Crippen molar-refractivity contribution in [2.24, 2.45) is 0 Å². The SMILES string of the molecule is O=C(CCS(=O)(=O)Cc1cccc2c1OCCO2)NCc1ccccc1Cl. The maximum Gasteiger partial charge on any atom is 0.221 e. The molecule has 2 aromatic carbocycles. The number of fused-ring (bicyclic) bond motifs is 1. The number of carbonyl (C=O) groups is 1. The Kier molecular flexibility index (Phi) is 6.23. The Hall–Kier alpha value is -2.25. The fourth-order valence-corrected chi connectivity index (χ4v) is 4.27. The van der Waals surface area contributed by atoms with Gasteiger partial charge in [-0.2, -0.15) is 0 Å². The molecular formula is C19H20ClNO5S. The lowest BCUT2D eigenvalue weighted by atomic mass is 10.2. The summed E-state index contributed by atoms with van der Waals surface area (Å²) in [6, 6.07) is 12.3. The molecule has 1 heterocycles. The van der Waals surface area contributed by atoms with Gasteiger partial charge in [0.15, 0.2) is 21.3 Å². The van der Waals surface area contributed by atoms with Gasteiger partial charge in [0.2, 0.25) is 5.91 Å². The topological polar surface area (TPSA) is 81.7 Å². The molecule has 8 heteroatoms. The highest BCUT2D eigenvalue weighted by molar-refractivity contribution is 7.90. The molecule has 1 amide bonds. The summed E-state index contributed by atoms with van der Waals surface area (Å²) in [6.07, 6.45) is -0.112. The number of benzene rings is 2. The number of rotatable bonds is 7. The second-order valence-electron chi connectivity index (χ2n) is 6.15. The van der Waals surface area contributed by atoms with Crippen LogP contribution in [0, 0.1) is 0 Å². The molecule has 0 radical (unpaired) electrons. The van der Waals surface area contributed by atoms with Gasteiger partial charge >= 0.3 is 0 Å². The minimum atomic E-state index is -3.48. The molecule has 0 bridgehead atoms. The first kappa shape index (κ1) is 19.5. The van der Waals surface area contributed by atoms with E-state index < -0.39 is 9.84 Å². The molecule has 1 aliphatic heterocycles. The fraction of sp³-hybridized carbons (Fsp3) is 0.316. The molecule has 0 unspecified atom stereocenters. The van der Waals surface area contributed by atoms with E-state index in [0.717, 1.165) is 5.56 Å². The van der Waals surface area contributed by atoms with Crippen LogP contribution in [0.15, 0.2) is 42.5 Å². The molecule has 0 atom stereocenters. The van der Waals surface area contributed by atoms with Crippen LogP contribution in [0.1, 0.15) is 17.5 Å². The second kappa shape index (κ2) is 8.63. The molecular weight excluding hydrogens is 390 g/mol. The van der Waals surface area contributed by atoms with Crippen LogP contribution < -0.4 is 14.8 Å². The van der Waals surface area contributed by atoms with Gasteiger partial charge in [0, 0.05) is 23.6 Å². The van der Waals surface area contributed by atoms with Crippen molar-refractivity contribution in [2.45, 2.75) is 18.7 Å². The lowest BCUT2D eigenvalue weighted by Gasteiger charge is -2.20. The van der Waals surface area contributed by atoms with Gasteiger partial charge in [0.1, 0.15) is 13.2 Å². The number of sulfone groups is 1. The summed E-state index contributed by atoms with van der Waals surface area (Å²) in [5, 5.41) is 3.25. The molecule has 0 aromatic heterocycles. The highest BCUT2D eigenvalue weighted by atomic mass is 35.5. The van der Waals surface area contributed by atoms with Crippen molar-refractivity contribution in [3.63, 3.8) is 0 Å². The monoisotopic (exact) mass is 409 g/mol. The lowest BCUT2D eigenvalue weighted by Crippen LogP contribution is -2.25. The summed E-state index contributed by atoms with van der Waals surface area (Å²) in [5.74, 6) is 0.235. The average molecular weight is 410 g/mol. The first-order valence-electron chi connectivity index (χ1n) is 8.52. The molecule has 144 valence electrons. The van der Waals surface area contributed by atoms with Crippen LogP contribution in [0.5, 0.6) is 11.5 Å². The number of halogens is 1. The zero-order valence-corrected chi connectivity index (χ0v) is 16.2. The smallest absolute Gasteiger partial charge is 0.221 e. The summed E-state index contributed by atoms with van der Waals surface area (Å²) >= 11 is 6.04. The number of amides is 1. The molecule has 0 fully saturated rings. The quantitative estimate of drug-likeness (QED) is 0.760. The number of ether oxygens (including phenoxy) is 2. The number of hydrogen-bond donors (Lipinski definition) is 1. The summed E-state index contributed by atoms with van der Waals surface area (Å²) < 4.78 is 35.9. The van der Waals surface area contributed by atoms with Crippen LogP contribution in [0.25, 0.3) is 0 Å². The largest absolute Gasteiger partial charge is 0.486 e. The summed E-state index contributed by atoms with van der Waals surface area (Å²) in [5.41, 5.74) is 1.33. The normalized spacial score (nSPS) is 13.2. The lowest BCUT2D eigenvalue weighted by molar-refractivity contribution is -0.120. The Morgan fingerprint density at radius 1 is 1.04 bits per heavy atom. The third kappa shape index (κ3) is 5.37. The first-order valence-corrected chi connectivity index (χ1v) is 10.7. The molecule has 6 nitrogen and oxygen atoms in total.